The summed E-state index contributed by atoms with van der Waals surface area (Å²) in [6, 6.07) is 99.2. The van der Waals surface area contributed by atoms with Crippen molar-refractivity contribution in [2.45, 2.75) is 0 Å². The van der Waals surface area contributed by atoms with Crippen LogP contribution in [0.5, 0.6) is 0 Å². The molecule has 0 aliphatic rings. The molecule has 388 valence electrons. The number of aromatic nitrogens is 6. The van der Waals surface area contributed by atoms with E-state index in [1.54, 1.807) is 0 Å². The Morgan fingerprint density at radius 3 is 0.732 bits per heavy atom. The van der Waals surface area contributed by atoms with E-state index in [0.717, 1.165) is 112 Å². The van der Waals surface area contributed by atoms with Crippen LogP contribution >= 0.6 is 0 Å². The van der Waals surface area contributed by atoms with E-state index in [-0.39, 0.29) is 0 Å². The molecular formula is C72H48N8O2. The minimum atomic E-state index is 0.452. The van der Waals surface area contributed by atoms with E-state index >= 15 is 0 Å². The zero-order chi connectivity index (χ0) is 54.6. The molecule has 82 heavy (non-hydrogen) atoms. The Balaban J connectivity index is 0.865. The molecule has 0 atom stereocenters. The summed E-state index contributed by atoms with van der Waals surface area (Å²) < 4.78 is 12.3. The van der Waals surface area contributed by atoms with Gasteiger partial charge in [0, 0.05) is 78.6 Å². The fourth-order valence-corrected chi connectivity index (χ4v) is 10.4. The quantitative estimate of drug-likeness (QED) is 0.104. The molecule has 3 heterocycles. The normalized spacial score (nSPS) is 11.2. The van der Waals surface area contributed by atoms with Gasteiger partial charge >= 0.3 is 0 Å². The molecule has 0 fully saturated rings. The zero-order valence-electron chi connectivity index (χ0n) is 44.1. The van der Waals surface area contributed by atoms with E-state index in [4.69, 9.17) is 18.8 Å². The highest BCUT2D eigenvalue weighted by molar-refractivity contribution is 6.03. The summed E-state index contributed by atoms with van der Waals surface area (Å²) in [5.41, 5.74) is 18.3. The summed E-state index contributed by atoms with van der Waals surface area (Å²) in [6.45, 7) is 0. The third-order valence-corrected chi connectivity index (χ3v) is 14.5. The van der Waals surface area contributed by atoms with Crippen LogP contribution in [0.1, 0.15) is 0 Å². The van der Waals surface area contributed by atoms with Crippen molar-refractivity contribution >= 4 is 45.2 Å². The molecule has 14 rings (SSSR count). The number of benzene rings is 11. The molecule has 3 aromatic heterocycles. The SMILES string of the molecule is c1ccc(-c2nnc(-c3ccc(N(c4ccccc4)c4ccc(-c5nc6c(-c7ccccc7)ccc(-c7ccccc7)c6nc5-c5ccc(N(c6ccccc6)c6ccc(-c7nnc(-c8ccccc8)o7)cc6)cc5)cc4)cc3)o2)cc1. The van der Waals surface area contributed by atoms with Crippen molar-refractivity contribution in [2.24, 2.45) is 0 Å². The van der Waals surface area contributed by atoms with Crippen molar-refractivity contribution < 1.29 is 8.83 Å². The van der Waals surface area contributed by atoms with Crippen LogP contribution in [-0.2, 0) is 0 Å². The highest BCUT2D eigenvalue weighted by Crippen LogP contribution is 2.43. The second-order valence-corrected chi connectivity index (χ2v) is 19.6. The summed E-state index contributed by atoms with van der Waals surface area (Å²) >= 11 is 0. The average Bonchev–Trinajstić information content (AvgIpc) is 4.41. The molecule has 0 saturated carbocycles. The molecule has 10 heteroatoms. The molecule has 0 amide bonds. The van der Waals surface area contributed by atoms with Gasteiger partial charge in [0.15, 0.2) is 0 Å². The fraction of sp³-hybridized carbons (Fsp3) is 0. The molecule has 11 aromatic carbocycles. The summed E-state index contributed by atoms with van der Waals surface area (Å²) in [5.74, 6) is 1.86. The minimum absolute atomic E-state index is 0.452. The van der Waals surface area contributed by atoms with Gasteiger partial charge in [0.05, 0.1) is 22.4 Å². The Labute approximate surface area is 473 Å². The van der Waals surface area contributed by atoms with Crippen LogP contribution < -0.4 is 9.80 Å². The third-order valence-electron chi connectivity index (χ3n) is 14.5. The van der Waals surface area contributed by atoms with Gasteiger partial charge in [-0.25, -0.2) is 9.97 Å². The largest absolute Gasteiger partial charge is 0.416 e. The smallest absolute Gasteiger partial charge is 0.248 e. The summed E-state index contributed by atoms with van der Waals surface area (Å²) in [6.07, 6.45) is 0. The maximum atomic E-state index is 6.14. The highest BCUT2D eigenvalue weighted by Gasteiger charge is 2.22. The van der Waals surface area contributed by atoms with E-state index in [1.807, 2.05) is 109 Å². The maximum Gasteiger partial charge on any atom is 0.248 e. The van der Waals surface area contributed by atoms with Gasteiger partial charge in [-0.3, -0.25) is 0 Å². The number of nitrogens with zero attached hydrogens (tertiary/aromatic N) is 8. The number of fused-ring (bicyclic) bond motifs is 1. The minimum Gasteiger partial charge on any atom is -0.416 e. The lowest BCUT2D eigenvalue weighted by Crippen LogP contribution is -2.10. The zero-order valence-corrected chi connectivity index (χ0v) is 44.1. The van der Waals surface area contributed by atoms with Crippen LogP contribution in [0.2, 0.25) is 0 Å². The van der Waals surface area contributed by atoms with Crippen LogP contribution in [0.25, 0.3) is 102 Å². The second-order valence-electron chi connectivity index (χ2n) is 19.6. The standard InChI is InChI=1S/C72H48N8O2/c1-7-19-49(20-8-1)63-47-48-64(50-21-9-2-10-22-50)68-67(63)73-65(51-31-39-59(40-32-51)79(57-27-15-5-16-28-57)61-43-35-55(36-44-61)71-77-75-69(81-71)53-23-11-3-12-24-53)66(74-68)52-33-41-60(42-34-52)80(58-29-17-6-18-30-58)62-45-37-56(38-46-62)72-78-76-70(82-72)54-25-13-4-14-26-54/h1-48H. The molecular weight excluding hydrogens is 1010 g/mol. The van der Waals surface area contributed by atoms with Crippen molar-refractivity contribution in [1.82, 2.24) is 30.4 Å². The summed E-state index contributed by atoms with van der Waals surface area (Å²) in [7, 11) is 0. The predicted molar refractivity (Wildman–Crippen MR) is 328 cm³/mol. The molecule has 0 aliphatic heterocycles. The van der Waals surface area contributed by atoms with Crippen LogP contribution in [0.4, 0.5) is 34.1 Å². The monoisotopic (exact) mass is 1060 g/mol. The van der Waals surface area contributed by atoms with Gasteiger partial charge < -0.3 is 18.6 Å². The molecule has 0 saturated heterocycles. The van der Waals surface area contributed by atoms with Gasteiger partial charge in [-0.05, 0) is 132 Å². The van der Waals surface area contributed by atoms with Gasteiger partial charge in [-0.1, -0.05) is 170 Å². The van der Waals surface area contributed by atoms with E-state index < -0.39 is 0 Å². The van der Waals surface area contributed by atoms with Crippen LogP contribution in [-0.4, -0.2) is 30.4 Å². The Hall–Kier alpha value is -11.4. The topological polar surface area (TPSA) is 110 Å². The van der Waals surface area contributed by atoms with Crippen LogP contribution in [0.15, 0.2) is 300 Å². The Morgan fingerprint density at radius 2 is 0.439 bits per heavy atom. The maximum absolute atomic E-state index is 6.14. The molecule has 10 nitrogen and oxygen atoms in total. The van der Waals surface area contributed by atoms with Crippen molar-refractivity contribution in [1.29, 1.82) is 0 Å². The van der Waals surface area contributed by atoms with Gasteiger partial charge in [0.25, 0.3) is 0 Å². The van der Waals surface area contributed by atoms with Crippen LogP contribution in [0.3, 0.4) is 0 Å². The number of para-hydroxylation sites is 2. The van der Waals surface area contributed by atoms with Crippen molar-refractivity contribution in [2.75, 3.05) is 9.80 Å². The Kier molecular flexibility index (Phi) is 13.0. The Bertz CT molecular complexity index is 4160. The van der Waals surface area contributed by atoms with Crippen LogP contribution in [0, 0.1) is 0 Å². The van der Waals surface area contributed by atoms with Gasteiger partial charge in [0.1, 0.15) is 0 Å². The number of hydrogen-bond donors (Lipinski definition) is 0. The van der Waals surface area contributed by atoms with Gasteiger partial charge in [0.2, 0.25) is 23.6 Å². The second kappa shape index (κ2) is 21.8. The summed E-state index contributed by atoms with van der Waals surface area (Å²) in [4.78, 5) is 15.9. The predicted octanol–water partition coefficient (Wildman–Crippen LogP) is 18.7. The first kappa shape index (κ1) is 49.0. The third kappa shape index (κ3) is 9.73. The molecule has 0 radical (unpaired) electrons. The van der Waals surface area contributed by atoms with Crippen molar-refractivity contribution in [3.63, 3.8) is 0 Å². The number of rotatable bonds is 14. The number of hydrogen-bond acceptors (Lipinski definition) is 10. The molecule has 0 N–H and O–H groups in total. The Morgan fingerprint density at radius 1 is 0.207 bits per heavy atom. The lowest BCUT2D eigenvalue weighted by molar-refractivity contribution is 0.584. The first-order valence-electron chi connectivity index (χ1n) is 27.0. The van der Waals surface area contributed by atoms with Gasteiger partial charge in [-0.15, -0.1) is 20.4 Å². The number of anilines is 6. The summed E-state index contributed by atoms with van der Waals surface area (Å²) in [5, 5.41) is 17.5. The lowest BCUT2D eigenvalue weighted by atomic mass is 9.96. The average molecular weight is 1060 g/mol. The van der Waals surface area contributed by atoms with Crippen molar-refractivity contribution in [3.8, 4) is 90.6 Å². The highest BCUT2D eigenvalue weighted by atomic mass is 16.4. The molecule has 0 aliphatic carbocycles. The first-order valence-corrected chi connectivity index (χ1v) is 27.0. The van der Waals surface area contributed by atoms with E-state index in [1.165, 1.54) is 0 Å². The molecule has 14 aromatic rings. The first-order chi connectivity index (χ1) is 40.6. The molecule has 0 unspecified atom stereocenters. The molecule has 0 bridgehead atoms. The lowest BCUT2D eigenvalue weighted by Gasteiger charge is -2.26. The van der Waals surface area contributed by atoms with E-state index in [2.05, 4.69) is 212 Å². The van der Waals surface area contributed by atoms with Gasteiger partial charge in [-0.2, -0.15) is 0 Å². The van der Waals surface area contributed by atoms with E-state index in [9.17, 15) is 0 Å². The fourth-order valence-electron chi connectivity index (χ4n) is 10.4. The molecule has 0 spiro atoms. The van der Waals surface area contributed by atoms with Crippen molar-refractivity contribution in [3.05, 3.63) is 291 Å². The van der Waals surface area contributed by atoms with E-state index in [0.29, 0.717) is 23.6 Å².